The number of aryl methyl sites for hydroxylation is 1. The lowest BCUT2D eigenvalue weighted by molar-refractivity contribution is 0.0603. The first-order valence-corrected chi connectivity index (χ1v) is 16.1. The Balaban J connectivity index is 1.06. The van der Waals surface area contributed by atoms with Crippen LogP contribution in [0.2, 0.25) is 0 Å². The standard InChI is InChI=1S/C36H43N5O3/c1-25-37-31-11-7-8-12-32(31)41(25)29-23-27-13-14-28(24-29)40(27)22-19-36(26-9-5-4-6-10-26)17-20-39(21-18-36)35(42)30-15-16-33(43-2)38-34(30)44-3/h4-12,15-16,27-29H,13-14,17-24H2,1-3H3/t27-,28+,29+. The molecule has 0 N–H and O–H groups in total. The molecule has 5 heterocycles. The number of nitrogens with zero attached hydrogens (tertiary/aromatic N) is 5. The molecule has 2 aromatic heterocycles. The summed E-state index contributed by atoms with van der Waals surface area (Å²) in [6.07, 6.45) is 7.95. The van der Waals surface area contributed by atoms with Gasteiger partial charge in [-0.05, 0) is 87.6 Å². The smallest absolute Gasteiger partial charge is 0.259 e. The van der Waals surface area contributed by atoms with Crippen molar-refractivity contribution in [3.05, 3.63) is 83.7 Å². The van der Waals surface area contributed by atoms with Crippen LogP contribution in [0.3, 0.4) is 0 Å². The highest BCUT2D eigenvalue weighted by Gasteiger charge is 2.44. The van der Waals surface area contributed by atoms with Gasteiger partial charge in [-0.3, -0.25) is 9.69 Å². The number of benzene rings is 2. The van der Waals surface area contributed by atoms with Gasteiger partial charge in [-0.1, -0.05) is 42.5 Å². The number of para-hydroxylation sites is 2. The van der Waals surface area contributed by atoms with E-state index in [1.807, 2.05) is 4.90 Å². The molecule has 2 aromatic carbocycles. The lowest BCUT2D eigenvalue weighted by Gasteiger charge is -2.45. The van der Waals surface area contributed by atoms with Gasteiger partial charge in [0.25, 0.3) is 5.91 Å². The molecule has 0 spiro atoms. The van der Waals surface area contributed by atoms with E-state index in [-0.39, 0.29) is 11.3 Å². The SMILES string of the molecule is COc1ccc(C(=O)N2CCC(CCN3[C@@H]4CC[C@H]3C[C@@H](n3c(C)nc5ccccc53)C4)(c3ccccc3)CC2)c(OC)n1. The summed E-state index contributed by atoms with van der Waals surface area (Å²) in [5.74, 6) is 1.86. The van der Waals surface area contributed by atoms with Crippen molar-refractivity contribution < 1.29 is 14.3 Å². The molecule has 0 radical (unpaired) electrons. The molecular weight excluding hydrogens is 550 g/mol. The van der Waals surface area contributed by atoms with Crippen molar-refractivity contribution >= 4 is 16.9 Å². The Bertz CT molecular complexity index is 1610. The van der Waals surface area contributed by atoms with E-state index >= 15 is 0 Å². The number of hydrogen-bond donors (Lipinski definition) is 0. The minimum atomic E-state index is -0.0268. The van der Waals surface area contributed by atoms with Gasteiger partial charge in [0.05, 0.1) is 25.3 Å². The Morgan fingerprint density at radius 3 is 2.27 bits per heavy atom. The first-order chi connectivity index (χ1) is 21.5. The maximum atomic E-state index is 13.6. The highest BCUT2D eigenvalue weighted by Crippen LogP contribution is 2.45. The average molecular weight is 594 g/mol. The van der Waals surface area contributed by atoms with Crippen LogP contribution in [0.4, 0.5) is 0 Å². The molecule has 0 unspecified atom stereocenters. The van der Waals surface area contributed by atoms with Crippen LogP contribution >= 0.6 is 0 Å². The number of pyridine rings is 1. The number of rotatable bonds is 8. The monoisotopic (exact) mass is 593 g/mol. The number of fused-ring (bicyclic) bond motifs is 3. The summed E-state index contributed by atoms with van der Waals surface area (Å²) in [6, 6.07) is 24.8. The molecule has 0 aliphatic carbocycles. The Labute approximate surface area is 260 Å². The molecule has 0 saturated carbocycles. The largest absolute Gasteiger partial charge is 0.481 e. The van der Waals surface area contributed by atoms with E-state index in [0.29, 0.717) is 48.5 Å². The first kappa shape index (κ1) is 28.8. The number of amides is 1. The number of imidazole rings is 1. The predicted octanol–water partition coefficient (Wildman–Crippen LogP) is 6.19. The highest BCUT2D eigenvalue weighted by molar-refractivity contribution is 5.96. The normalized spacial score (nSPS) is 23.2. The number of piperidine rings is 2. The predicted molar refractivity (Wildman–Crippen MR) is 171 cm³/mol. The van der Waals surface area contributed by atoms with Crippen LogP contribution < -0.4 is 9.47 Å². The van der Waals surface area contributed by atoms with Crippen molar-refractivity contribution in [2.75, 3.05) is 33.9 Å². The molecule has 3 aliphatic rings. The molecule has 3 saturated heterocycles. The zero-order valence-electron chi connectivity index (χ0n) is 26.1. The third kappa shape index (κ3) is 5.13. The van der Waals surface area contributed by atoms with Gasteiger partial charge in [-0.2, -0.15) is 4.98 Å². The van der Waals surface area contributed by atoms with Crippen LogP contribution in [0.1, 0.15) is 72.7 Å². The minimum absolute atomic E-state index is 0.0268. The Morgan fingerprint density at radius 1 is 0.864 bits per heavy atom. The van der Waals surface area contributed by atoms with Gasteiger partial charge in [0.1, 0.15) is 11.4 Å². The van der Waals surface area contributed by atoms with E-state index in [2.05, 4.69) is 76.0 Å². The number of aromatic nitrogens is 3. The number of ether oxygens (including phenoxy) is 2. The topological polar surface area (TPSA) is 72.7 Å². The highest BCUT2D eigenvalue weighted by atomic mass is 16.5. The van der Waals surface area contributed by atoms with Gasteiger partial charge in [-0.25, -0.2) is 4.98 Å². The summed E-state index contributed by atoms with van der Waals surface area (Å²) >= 11 is 0. The second-order valence-corrected chi connectivity index (χ2v) is 12.9. The first-order valence-electron chi connectivity index (χ1n) is 16.1. The molecule has 3 atom stereocenters. The molecule has 230 valence electrons. The second-order valence-electron chi connectivity index (χ2n) is 12.9. The average Bonchev–Trinajstić information content (AvgIpc) is 3.53. The Kier molecular flexibility index (Phi) is 7.79. The van der Waals surface area contributed by atoms with Crippen LogP contribution in [-0.4, -0.2) is 76.2 Å². The molecule has 4 aromatic rings. The molecule has 8 nitrogen and oxygen atoms in total. The lowest BCUT2D eigenvalue weighted by Crippen LogP contribution is -2.49. The number of methoxy groups -OCH3 is 2. The van der Waals surface area contributed by atoms with Crippen LogP contribution in [0.5, 0.6) is 11.8 Å². The van der Waals surface area contributed by atoms with Crippen molar-refractivity contribution in [3.8, 4) is 11.8 Å². The third-order valence-corrected chi connectivity index (χ3v) is 10.7. The molecule has 3 fully saturated rings. The van der Waals surface area contributed by atoms with Crippen molar-refractivity contribution in [3.63, 3.8) is 0 Å². The van der Waals surface area contributed by atoms with E-state index in [1.54, 1.807) is 26.4 Å². The van der Waals surface area contributed by atoms with Crippen molar-refractivity contribution in [2.24, 2.45) is 0 Å². The summed E-state index contributed by atoms with van der Waals surface area (Å²) in [5, 5.41) is 0. The Hall–Kier alpha value is -3.91. The zero-order valence-corrected chi connectivity index (χ0v) is 26.1. The maximum Gasteiger partial charge on any atom is 0.259 e. The van der Waals surface area contributed by atoms with E-state index in [9.17, 15) is 4.79 Å². The van der Waals surface area contributed by atoms with Gasteiger partial charge in [0.2, 0.25) is 11.8 Å². The molecule has 2 bridgehead atoms. The Morgan fingerprint density at radius 2 is 1.57 bits per heavy atom. The number of hydrogen-bond acceptors (Lipinski definition) is 6. The number of carbonyl (C=O) groups is 1. The summed E-state index contributed by atoms with van der Waals surface area (Å²) in [6.45, 7) is 4.69. The molecule has 1 amide bonds. The maximum absolute atomic E-state index is 13.6. The summed E-state index contributed by atoms with van der Waals surface area (Å²) < 4.78 is 13.2. The zero-order chi connectivity index (χ0) is 30.3. The molecular formula is C36H43N5O3. The fraction of sp³-hybridized carbons (Fsp3) is 0.472. The van der Waals surface area contributed by atoms with Gasteiger partial charge < -0.3 is 18.9 Å². The lowest BCUT2D eigenvalue weighted by atomic mass is 9.70. The fourth-order valence-electron chi connectivity index (χ4n) is 8.43. The number of carbonyl (C=O) groups excluding carboxylic acids is 1. The molecule has 3 aliphatic heterocycles. The summed E-state index contributed by atoms with van der Waals surface area (Å²) in [7, 11) is 3.11. The number of likely N-dealkylation sites (tertiary alicyclic amines) is 1. The van der Waals surface area contributed by atoms with Gasteiger partial charge in [0, 0.05) is 37.3 Å². The molecule has 8 heteroatoms. The third-order valence-electron chi connectivity index (χ3n) is 10.7. The van der Waals surface area contributed by atoms with E-state index in [4.69, 9.17) is 14.5 Å². The van der Waals surface area contributed by atoms with Crippen LogP contribution in [-0.2, 0) is 5.41 Å². The van der Waals surface area contributed by atoms with E-state index in [1.165, 1.54) is 36.8 Å². The van der Waals surface area contributed by atoms with Crippen molar-refractivity contribution in [2.45, 2.75) is 75.4 Å². The fourth-order valence-corrected chi connectivity index (χ4v) is 8.43. The van der Waals surface area contributed by atoms with Gasteiger partial charge in [-0.15, -0.1) is 0 Å². The summed E-state index contributed by atoms with van der Waals surface area (Å²) in [5.41, 5.74) is 4.32. The van der Waals surface area contributed by atoms with Crippen LogP contribution in [0, 0.1) is 6.92 Å². The van der Waals surface area contributed by atoms with Crippen molar-refractivity contribution in [1.29, 1.82) is 0 Å². The molecule has 44 heavy (non-hydrogen) atoms. The van der Waals surface area contributed by atoms with Gasteiger partial charge >= 0.3 is 0 Å². The van der Waals surface area contributed by atoms with Crippen LogP contribution in [0.15, 0.2) is 66.7 Å². The minimum Gasteiger partial charge on any atom is -0.481 e. The summed E-state index contributed by atoms with van der Waals surface area (Å²) in [4.78, 5) is 27.6. The molecule has 7 rings (SSSR count). The van der Waals surface area contributed by atoms with Crippen molar-refractivity contribution in [1.82, 2.24) is 24.3 Å². The van der Waals surface area contributed by atoms with Crippen LogP contribution in [0.25, 0.3) is 11.0 Å². The second kappa shape index (κ2) is 11.9. The van der Waals surface area contributed by atoms with E-state index < -0.39 is 0 Å². The quantitative estimate of drug-likeness (QED) is 0.243. The van der Waals surface area contributed by atoms with E-state index in [0.717, 1.165) is 37.1 Å². The van der Waals surface area contributed by atoms with Gasteiger partial charge in [0.15, 0.2) is 0 Å².